The van der Waals surface area contributed by atoms with Gasteiger partial charge in [-0.2, -0.15) is 0 Å². The van der Waals surface area contributed by atoms with E-state index in [0.29, 0.717) is 17.5 Å². The highest BCUT2D eigenvalue weighted by atomic mass is 16.5. The minimum atomic E-state index is -1.07. The van der Waals surface area contributed by atoms with E-state index in [-0.39, 0.29) is 40.4 Å². The molecule has 1 aliphatic carbocycles. The topological polar surface area (TPSA) is 123 Å². The van der Waals surface area contributed by atoms with Crippen molar-refractivity contribution in [1.82, 2.24) is 0 Å². The van der Waals surface area contributed by atoms with Crippen LogP contribution >= 0.6 is 0 Å². The first-order valence-corrected chi connectivity index (χ1v) is 12.0. The number of esters is 1. The van der Waals surface area contributed by atoms with E-state index in [9.17, 15) is 24.9 Å². The zero-order chi connectivity index (χ0) is 25.7. The number of ketones is 1. The number of hydrogen-bond donors (Lipinski definition) is 3. The normalized spacial score (nSPS) is 14.3. The number of ether oxygens (including phenoxy) is 3. The standard InChI is InChI=1S/C27H34O8/c1-5-6-7-8-9-10-11-12-19(29)35-25-16-13-15(2)22(30)26(33-3)20(16)24(32)21-17(25)14-18(28)23(31)27(21)34-4/h13-14,25,28,30-31H,5-12H2,1-4H3/t25-/m1/s1. The molecule has 2 aromatic rings. The van der Waals surface area contributed by atoms with Gasteiger partial charge in [0.05, 0.1) is 25.3 Å². The number of carbonyl (C=O) groups excluding carboxylic acids is 2. The van der Waals surface area contributed by atoms with Crippen LogP contribution in [0.2, 0.25) is 0 Å². The van der Waals surface area contributed by atoms with Gasteiger partial charge in [-0.15, -0.1) is 0 Å². The minimum absolute atomic E-state index is 0.0141. The molecule has 0 fully saturated rings. The molecule has 8 nitrogen and oxygen atoms in total. The van der Waals surface area contributed by atoms with Crippen molar-refractivity contribution in [2.45, 2.75) is 71.3 Å². The summed E-state index contributed by atoms with van der Waals surface area (Å²) in [5.74, 6) is -2.67. The van der Waals surface area contributed by atoms with Crippen LogP contribution in [-0.4, -0.2) is 41.3 Å². The molecule has 8 heteroatoms. The van der Waals surface area contributed by atoms with Gasteiger partial charge in [-0.3, -0.25) is 9.59 Å². The molecule has 0 spiro atoms. The lowest BCUT2D eigenvalue weighted by molar-refractivity contribution is -0.147. The number of hydrogen-bond acceptors (Lipinski definition) is 8. The fourth-order valence-corrected chi connectivity index (χ4v) is 4.57. The molecule has 0 radical (unpaired) electrons. The minimum Gasteiger partial charge on any atom is -0.504 e. The lowest BCUT2D eigenvalue weighted by Gasteiger charge is -2.30. The second kappa shape index (κ2) is 11.3. The average molecular weight is 487 g/mol. The van der Waals surface area contributed by atoms with Gasteiger partial charge < -0.3 is 29.5 Å². The number of carbonyl (C=O) groups is 2. The molecule has 2 aromatic carbocycles. The maximum absolute atomic E-state index is 13.5. The molecule has 3 rings (SSSR count). The third-order valence-electron chi connectivity index (χ3n) is 6.40. The van der Waals surface area contributed by atoms with Crippen LogP contribution < -0.4 is 9.47 Å². The Hall–Kier alpha value is -3.42. The summed E-state index contributed by atoms with van der Waals surface area (Å²) >= 11 is 0. The van der Waals surface area contributed by atoms with Crippen molar-refractivity contribution in [3.63, 3.8) is 0 Å². The molecule has 190 valence electrons. The molecule has 1 atom stereocenters. The first-order chi connectivity index (χ1) is 16.8. The van der Waals surface area contributed by atoms with Crippen LogP contribution in [0.15, 0.2) is 12.1 Å². The maximum Gasteiger partial charge on any atom is 0.306 e. The third kappa shape index (κ3) is 5.16. The highest BCUT2D eigenvalue weighted by Crippen LogP contribution is 2.52. The Bertz CT molecular complexity index is 1040. The van der Waals surface area contributed by atoms with Crippen LogP contribution in [0.4, 0.5) is 0 Å². The number of phenolic OH excluding ortho intramolecular Hbond substituents is 3. The monoisotopic (exact) mass is 486 g/mol. The Kier molecular flexibility index (Phi) is 8.48. The first-order valence-electron chi connectivity index (χ1n) is 12.0. The quantitative estimate of drug-likeness (QED) is 0.218. The predicted octanol–water partition coefficient (Wildman–Crippen LogP) is 5.45. The summed E-state index contributed by atoms with van der Waals surface area (Å²) in [5, 5.41) is 31.1. The van der Waals surface area contributed by atoms with Crippen LogP contribution in [0, 0.1) is 6.92 Å². The van der Waals surface area contributed by atoms with Crippen molar-refractivity contribution in [1.29, 1.82) is 0 Å². The fourth-order valence-electron chi connectivity index (χ4n) is 4.57. The second-order valence-corrected chi connectivity index (χ2v) is 8.85. The van der Waals surface area contributed by atoms with Crippen LogP contribution in [0.25, 0.3) is 0 Å². The van der Waals surface area contributed by atoms with Crippen LogP contribution in [0.5, 0.6) is 28.7 Å². The van der Waals surface area contributed by atoms with Crippen molar-refractivity contribution in [3.8, 4) is 28.7 Å². The van der Waals surface area contributed by atoms with Gasteiger partial charge >= 0.3 is 5.97 Å². The van der Waals surface area contributed by atoms with Crippen LogP contribution in [0.1, 0.15) is 97.0 Å². The molecule has 0 saturated heterocycles. The summed E-state index contributed by atoms with van der Waals surface area (Å²) in [6.45, 7) is 3.81. The van der Waals surface area contributed by atoms with Gasteiger partial charge in [0.25, 0.3) is 0 Å². The van der Waals surface area contributed by atoms with Gasteiger partial charge in [0.2, 0.25) is 11.5 Å². The first kappa shape index (κ1) is 26.2. The van der Waals surface area contributed by atoms with Gasteiger partial charge in [-0.1, -0.05) is 45.4 Å². The van der Waals surface area contributed by atoms with E-state index in [1.807, 2.05) is 0 Å². The number of aryl methyl sites for hydroxylation is 1. The molecule has 0 aromatic heterocycles. The molecule has 1 aliphatic rings. The highest BCUT2D eigenvalue weighted by Gasteiger charge is 2.41. The number of rotatable bonds is 11. The Balaban J connectivity index is 1.97. The van der Waals surface area contributed by atoms with E-state index in [2.05, 4.69) is 6.92 Å². The van der Waals surface area contributed by atoms with Crippen LogP contribution in [-0.2, 0) is 9.53 Å². The van der Waals surface area contributed by atoms with E-state index >= 15 is 0 Å². The number of aromatic hydroxyl groups is 3. The number of fused-ring (bicyclic) bond motifs is 2. The van der Waals surface area contributed by atoms with E-state index in [0.717, 1.165) is 19.3 Å². The van der Waals surface area contributed by atoms with Gasteiger partial charge in [0.15, 0.2) is 29.1 Å². The molecule has 0 saturated carbocycles. The average Bonchev–Trinajstić information content (AvgIpc) is 2.83. The van der Waals surface area contributed by atoms with E-state index in [1.54, 1.807) is 13.0 Å². The zero-order valence-corrected chi connectivity index (χ0v) is 20.8. The SMILES string of the molecule is CCCCCCCCCC(=O)O[C@@H]1c2cc(C)c(O)c(OC)c2C(=O)c2c1cc(O)c(O)c2OC. The Morgan fingerprint density at radius 1 is 0.857 bits per heavy atom. The second-order valence-electron chi connectivity index (χ2n) is 8.85. The van der Waals surface area contributed by atoms with Crippen molar-refractivity contribution < 1.29 is 39.1 Å². The lowest BCUT2D eigenvalue weighted by atomic mass is 9.80. The van der Waals surface area contributed by atoms with Crippen molar-refractivity contribution in [2.24, 2.45) is 0 Å². The third-order valence-corrected chi connectivity index (χ3v) is 6.40. The molecule has 0 amide bonds. The fraction of sp³-hybridized carbons (Fsp3) is 0.481. The van der Waals surface area contributed by atoms with Crippen LogP contribution in [0.3, 0.4) is 0 Å². The molecule has 0 aliphatic heterocycles. The Morgan fingerprint density at radius 2 is 1.40 bits per heavy atom. The molecule has 0 unspecified atom stereocenters. The van der Waals surface area contributed by atoms with E-state index in [1.165, 1.54) is 39.5 Å². The number of phenols is 3. The lowest BCUT2D eigenvalue weighted by Crippen LogP contribution is -2.25. The Morgan fingerprint density at radius 3 is 2.00 bits per heavy atom. The summed E-state index contributed by atoms with van der Waals surface area (Å²) in [7, 11) is 2.58. The van der Waals surface area contributed by atoms with E-state index < -0.39 is 29.4 Å². The molecular formula is C27H34O8. The smallest absolute Gasteiger partial charge is 0.306 e. The van der Waals surface area contributed by atoms with Crippen molar-refractivity contribution in [2.75, 3.05) is 14.2 Å². The molecule has 0 heterocycles. The summed E-state index contributed by atoms with van der Waals surface area (Å²) in [4.78, 5) is 26.4. The van der Waals surface area contributed by atoms with Crippen molar-refractivity contribution >= 4 is 11.8 Å². The van der Waals surface area contributed by atoms with E-state index in [4.69, 9.17) is 14.2 Å². The number of methoxy groups -OCH3 is 2. The molecule has 0 bridgehead atoms. The Labute approximate surface area is 205 Å². The number of unbranched alkanes of at least 4 members (excludes halogenated alkanes) is 6. The summed E-state index contributed by atoms with van der Waals surface area (Å²) in [5.41, 5.74) is 0.898. The zero-order valence-electron chi connectivity index (χ0n) is 20.8. The largest absolute Gasteiger partial charge is 0.504 e. The maximum atomic E-state index is 13.5. The molecule has 35 heavy (non-hydrogen) atoms. The summed E-state index contributed by atoms with van der Waals surface area (Å²) in [6, 6.07) is 2.77. The number of benzene rings is 2. The summed E-state index contributed by atoms with van der Waals surface area (Å²) in [6.07, 6.45) is 6.51. The highest BCUT2D eigenvalue weighted by molar-refractivity contribution is 6.17. The molecular weight excluding hydrogens is 452 g/mol. The van der Waals surface area contributed by atoms with Crippen molar-refractivity contribution in [3.05, 3.63) is 39.9 Å². The molecule has 3 N–H and O–H groups in total. The summed E-state index contributed by atoms with van der Waals surface area (Å²) < 4.78 is 16.4. The van der Waals surface area contributed by atoms with Gasteiger partial charge in [0, 0.05) is 17.5 Å². The van der Waals surface area contributed by atoms with Gasteiger partial charge in [-0.05, 0) is 31.0 Å². The van der Waals surface area contributed by atoms with Gasteiger partial charge in [0.1, 0.15) is 0 Å². The van der Waals surface area contributed by atoms with Gasteiger partial charge in [-0.25, -0.2) is 0 Å². The predicted molar refractivity (Wildman–Crippen MR) is 130 cm³/mol.